The molecule has 2 N–H and O–H groups in total. The number of nitrogens with one attached hydrogen (secondary N) is 1. The van der Waals surface area contributed by atoms with Gasteiger partial charge in [-0.1, -0.05) is 30.3 Å². The van der Waals surface area contributed by atoms with E-state index in [9.17, 15) is 4.79 Å². The molecule has 0 atom stereocenters. The third kappa shape index (κ3) is 3.94. The number of furan rings is 1. The normalized spacial score (nSPS) is 10.7. The minimum absolute atomic E-state index is 0.0449. The van der Waals surface area contributed by atoms with Gasteiger partial charge in [0.05, 0.1) is 0 Å². The number of hydrogen-bond acceptors (Lipinski definition) is 4. The Morgan fingerprint density at radius 2 is 1.92 bits per heavy atom. The second-order valence-corrected chi connectivity index (χ2v) is 5.40. The number of benzene rings is 2. The Balaban J connectivity index is 1.59. The summed E-state index contributed by atoms with van der Waals surface area (Å²) in [5, 5.41) is 13.6. The minimum atomic E-state index is -0.291. The molecular weight excluding hydrogens is 306 g/mol. The first-order chi connectivity index (χ1) is 11.8. The molecule has 5 nitrogen and oxygen atoms in total. The Hall–Kier alpha value is -2.79. The fraction of sp³-hybridized carbons (Fsp3) is 0.211. The molecule has 0 aliphatic rings. The molecule has 1 heterocycles. The lowest BCUT2D eigenvalue weighted by molar-refractivity contribution is 0.0919. The van der Waals surface area contributed by atoms with Crippen molar-refractivity contribution < 1.29 is 19.1 Å². The van der Waals surface area contributed by atoms with Crippen molar-refractivity contribution in [3.8, 4) is 5.75 Å². The molecule has 3 aromatic rings. The minimum Gasteiger partial charge on any atom is -0.486 e. The molecule has 1 aromatic heterocycles. The standard InChI is InChI=1S/C19H19NO4/c21-11-3-10-20-19(22)18-9-8-17(24-18)13-23-16-7-6-14-4-1-2-5-15(14)12-16/h1-2,4-9,12,21H,3,10-11,13H2,(H,20,22). The van der Waals surface area contributed by atoms with Gasteiger partial charge in [0.1, 0.15) is 18.1 Å². The summed E-state index contributed by atoms with van der Waals surface area (Å²) in [4.78, 5) is 11.8. The van der Waals surface area contributed by atoms with Gasteiger partial charge in [-0.15, -0.1) is 0 Å². The summed E-state index contributed by atoms with van der Waals surface area (Å²) >= 11 is 0. The van der Waals surface area contributed by atoms with Crippen LogP contribution in [0.1, 0.15) is 22.7 Å². The SMILES string of the molecule is O=C(NCCCO)c1ccc(COc2ccc3ccccc3c2)o1. The third-order valence-electron chi connectivity index (χ3n) is 3.61. The molecule has 0 unspecified atom stereocenters. The van der Waals surface area contributed by atoms with E-state index in [0.29, 0.717) is 18.7 Å². The smallest absolute Gasteiger partial charge is 0.286 e. The molecule has 0 aliphatic carbocycles. The molecule has 0 bridgehead atoms. The molecule has 24 heavy (non-hydrogen) atoms. The van der Waals surface area contributed by atoms with Crippen LogP contribution in [0.2, 0.25) is 0 Å². The highest BCUT2D eigenvalue weighted by molar-refractivity contribution is 5.91. The second kappa shape index (κ2) is 7.66. The Bertz CT molecular complexity index is 825. The van der Waals surface area contributed by atoms with Gasteiger partial charge in [0.15, 0.2) is 5.76 Å². The van der Waals surface area contributed by atoms with Crippen molar-refractivity contribution in [3.05, 3.63) is 66.1 Å². The van der Waals surface area contributed by atoms with Crippen LogP contribution in [-0.2, 0) is 6.61 Å². The average molecular weight is 325 g/mol. The Morgan fingerprint density at radius 1 is 1.08 bits per heavy atom. The quantitative estimate of drug-likeness (QED) is 0.655. The molecular formula is C19H19NO4. The van der Waals surface area contributed by atoms with Crippen LogP contribution in [0.5, 0.6) is 5.75 Å². The predicted octanol–water partition coefficient (Wildman–Crippen LogP) is 3.12. The highest BCUT2D eigenvalue weighted by Crippen LogP contribution is 2.21. The zero-order valence-corrected chi connectivity index (χ0v) is 13.2. The van der Waals surface area contributed by atoms with E-state index in [4.69, 9.17) is 14.3 Å². The van der Waals surface area contributed by atoms with E-state index in [-0.39, 0.29) is 24.9 Å². The molecule has 3 rings (SSSR count). The maximum absolute atomic E-state index is 11.8. The zero-order valence-electron chi connectivity index (χ0n) is 13.2. The lowest BCUT2D eigenvalue weighted by Crippen LogP contribution is -2.24. The summed E-state index contributed by atoms with van der Waals surface area (Å²) < 4.78 is 11.2. The summed E-state index contributed by atoms with van der Waals surface area (Å²) in [6.45, 7) is 0.713. The van der Waals surface area contributed by atoms with Gasteiger partial charge in [-0.2, -0.15) is 0 Å². The van der Waals surface area contributed by atoms with E-state index < -0.39 is 0 Å². The highest BCUT2D eigenvalue weighted by Gasteiger charge is 2.11. The van der Waals surface area contributed by atoms with Gasteiger partial charge >= 0.3 is 0 Å². The molecule has 5 heteroatoms. The molecule has 124 valence electrons. The summed E-state index contributed by atoms with van der Waals surface area (Å²) in [7, 11) is 0. The van der Waals surface area contributed by atoms with E-state index in [2.05, 4.69) is 5.32 Å². The van der Waals surface area contributed by atoms with E-state index in [1.807, 2.05) is 42.5 Å². The van der Waals surface area contributed by atoms with E-state index in [1.165, 1.54) is 0 Å². The second-order valence-electron chi connectivity index (χ2n) is 5.40. The number of hydrogen-bond donors (Lipinski definition) is 2. The summed E-state index contributed by atoms with van der Waals surface area (Å²) in [6, 6.07) is 17.3. The van der Waals surface area contributed by atoms with Crippen molar-refractivity contribution in [3.63, 3.8) is 0 Å². The van der Waals surface area contributed by atoms with Gasteiger partial charge in [-0.3, -0.25) is 4.79 Å². The molecule has 0 saturated carbocycles. The summed E-state index contributed by atoms with van der Waals surface area (Å²) in [5.41, 5.74) is 0. The van der Waals surface area contributed by atoms with Crippen molar-refractivity contribution in [1.82, 2.24) is 5.32 Å². The van der Waals surface area contributed by atoms with Crippen molar-refractivity contribution >= 4 is 16.7 Å². The summed E-state index contributed by atoms with van der Waals surface area (Å²) in [5.74, 6) is 1.28. The van der Waals surface area contributed by atoms with Crippen LogP contribution in [0.25, 0.3) is 10.8 Å². The fourth-order valence-corrected chi connectivity index (χ4v) is 2.36. The van der Waals surface area contributed by atoms with Crippen molar-refractivity contribution in [2.75, 3.05) is 13.2 Å². The number of aliphatic hydroxyl groups is 1. The van der Waals surface area contributed by atoms with E-state index >= 15 is 0 Å². The number of fused-ring (bicyclic) bond motifs is 1. The maximum Gasteiger partial charge on any atom is 0.286 e. The number of carbonyl (C=O) groups excluding carboxylic acids is 1. The van der Waals surface area contributed by atoms with Crippen LogP contribution < -0.4 is 10.1 Å². The molecule has 0 fully saturated rings. The highest BCUT2D eigenvalue weighted by atomic mass is 16.5. The first-order valence-electron chi connectivity index (χ1n) is 7.85. The van der Waals surface area contributed by atoms with Crippen LogP contribution in [0.3, 0.4) is 0 Å². The Kier molecular flexibility index (Phi) is 5.13. The fourth-order valence-electron chi connectivity index (χ4n) is 2.36. The van der Waals surface area contributed by atoms with Crippen LogP contribution in [0.15, 0.2) is 59.0 Å². The van der Waals surface area contributed by atoms with Crippen molar-refractivity contribution in [2.24, 2.45) is 0 Å². The monoisotopic (exact) mass is 325 g/mol. The van der Waals surface area contributed by atoms with Crippen LogP contribution in [0, 0.1) is 0 Å². The third-order valence-corrected chi connectivity index (χ3v) is 3.61. The van der Waals surface area contributed by atoms with Crippen molar-refractivity contribution in [1.29, 1.82) is 0 Å². The van der Waals surface area contributed by atoms with Gasteiger partial charge < -0.3 is 19.6 Å². The molecule has 0 radical (unpaired) electrons. The number of carbonyl (C=O) groups is 1. The predicted molar refractivity (Wildman–Crippen MR) is 91.0 cm³/mol. The average Bonchev–Trinajstić information content (AvgIpc) is 3.09. The maximum atomic E-state index is 11.8. The summed E-state index contributed by atoms with van der Waals surface area (Å²) in [6.07, 6.45) is 0.518. The van der Waals surface area contributed by atoms with Crippen LogP contribution in [-0.4, -0.2) is 24.2 Å². The number of rotatable bonds is 7. The van der Waals surface area contributed by atoms with Gasteiger partial charge in [-0.05, 0) is 41.5 Å². The topological polar surface area (TPSA) is 71.7 Å². The van der Waals surface area contributed by atoms with Crippen LogP contribution >= 0.6 is 0 Å². The molecule has 2 aromatic carbocycles. The van der Waals surface area contributed by atoms with Gasteiger partial charge in [0.2, 0.25) is 0 Å². The van der Waals surface area contributed by atoms with Gasteiger partial charge in [-0.25, -0.2) is 0 Å². The number of amides is 1. The Labute approximate surface area is 139 Å². The number of ether oxygens (including phenoxy) is 1. The first-order valence-corrected chi connectivity index (χ1v) is 7.85. The Morgan fingerprint density at radius 3 is 2.75 bits per heavy atom. The van der Waals surface area contributed by atoms with Crippen LogP contribution in [0.4, 0.5) is 0 Å². The molecule has 1 amide bonds. The first kappa shape index (κ1) is 16.1. The number of aliphatic hydroxyl groups excluding tert-OH is 1. The molecule has 0 spiro atoms. The lowest BCUT2D eigenvalue weighted by Gasteiger charge is -2.06. The molecule has 0 aliphatic heterocycles. The van der Waals surface area contributed by atoms with E-state index in [0.717, 1.165) is 16.5 Å². The molecule has 0 saturated heterocycles. The van der Waals surface area contributed by atoms with Crippen molar-refractivity contribution in [2.45, 2.75) is 13.0 Å². The van der Waals surface area contributed by atoms with Gasteiger partial charge in [0.25, 0.3) is 5.91 Å². The van der Waals surface area contributed by atoms with E-state index in [1.54, 1.807) is 12.1 Å². The largest absolute Gasteiger partial charge is 0.486 e. The van der Waals surface area contributed by atoms with Gasteiger partial charge in [0, 0.05) is 13.2 Å². The zero-order chi connectivity index (χ0) is 16.8. The lowest BCUT2D eigenvalue weighted by atomic mass is 10.1.